The first-order valence-corrected chi connectivity index (χ1v) is 11.0. The average Bonchev–Trinajstić information content (AvgIpc) is 3.30. The molecule has 0 aliphatic heterocycles. The van der Waals surface area contributed by atoms with Gasteiger partial charge in [0.05, 0.1) is 35.0 Å². The highest BCUT2D eigenvalue weighted by Gasteiger charge is 2.28. The van der Waals surface area contributed by atoms with E-state index in [4.69, 9.17) is 5.73 Å². The van der Waals surface area contributed by atoms with Gasteiger partial charge < -0.3 is 16.0 Å². The van der Waals surface area contributed by atoms with E-state index in [9.17, 15) is 9.59 Å². The number of nitrogens with zero attached hydrogens (tertiary/aromatic N) is 4. The van der Waals surface area contributed by atoms with Crippen molar-refractivity contribution in [2.24, 2.45) is 10.9 Å². The van der Waals surface area contributed by atoms with E-state index in [1.54, 1.807) is 18.2 Å². The van der Waals surface area contributed by atoms with Gasteiger partial charge >= 0.3 is 11.8 Å². The van der Waals surface area contributed by atoms with Crippen molar-refractivity contribution in [1.29, 1.82) is 0 Å². The van der Waals surface area contributed by atoms with Crippen LogP contribution >= 0.6 is 0 Å². The Morgan fingerprint density at radius 1 is 1.22 bits per heavy atom. The fraction of sp³-hybridized carbons (Fsp3) is 0.522. The molecule has 2 amide bonds. The van der Waals surface area contributed by atoms with E-state index in [-0.39, 0.29) is 12.0 Å². The third-order valence-electron chi connectivity index (χ3n) is 4.40. The first-order valence-electron chi connectivity index (χ1n) is 11.0. The molecule has 0 fully saturated rings. The van der Waals surface area contributed by atoms with Crippen molar-refractivity contribution < 1.29 is 9.59 Å². The van der Waals surface area contributed by atoms with Crippen LogP contribution in [0.5, 0.6) is 0 Å². The second kappa shape index (κ2) is 14.7. The highest BCUT2D eigenvalue weighted by Crippen LogP contribution is 2.24. The summed E-state index contributed by atoms with van der Waals surface area (Å²) in [7, 11) is 1.68. The molecular weight excluding hydrogens is 406 g/mol. The molecule has 4 N–H and O–H groups in total. The molecule has 2 heterocycles. The number of amides is 2. The Bertz CT molecular complexity index is 916. The molecule has 178 valence electrons. The predicted octanol–water partition coefficient (Wildman–Crippen LogP) is 4.05. The number of fused-ring (bicyclic) bond motifs is 1. The van der Waals surface area contributed by atoms with Crippen LogP contribution in [0.1, 0.15) is 55.4 Å². The first kappa shape index (κ1) is 28.8. The number of allylic oxidation sites excluding steroid dienone is 1. The van der Waals surface area contributed by atoms with Gasteiger partial charge in [0, 0.05) is 19.8 Å². The lowest BCUT2D eigenvalue weighted by molar-refractivity contribution is -0.144. The van der Waals surface area contributed by atoms with E-state index in [2.05, 4.69) is 25.5 Å². The maximum atomic E-state index is 12.9. The smallest absolute Gasteiger partial charge is 0.314 e. The fourth-order valence-electron chi connectivity index (χ4n) is 2.74. The molecule has 32 heavy (non-hydrogen) atoms. The van der Waals surface area contributed by atoms with Crippen LogP contribution in [-0.2, 0) is 9.59 Å². The predicted molar refractivity (Wildman–Crippen MR) is 134 cm³/mol. The lowest BCUT2D eigenvalue weighted by atomic mass is 10.1. The summed E-state index contributed by atoms with van der Waals surface area (Å²) < 4.78 is 0. The highest BCUT2D eigenvalue weighted by atomic mass is 16.2. The SMILES string of the molecule is CC.CC.CN=C/C=C(\C)C(C)N(CC(C)C)C(=O)C(=O)Nc1cnc(N)c2cn[nH]c12. The molecule has 9 nitrogen and oxygen atoms in total. The normalized spacial score (nSPS) is 12.0. The number of rotatable bonds is 6. The van der Waals surface area contributed by atoms with Gasteiger partial charge in [-0.3, -0.25) is 19.7 Å². The van der Waals surface area contributed by atoms with Crippen molar-refractivity contribution in [3.8, 4) is 0 Å². The van der Waals surface area contributed by atoms with E-state index in [1.165, 1.54) is 12.4 Å². The first-order chi connectivity index (χ1) is 15.3. The molecular formula is C23H39N7O2. The zero-order valence-corrected chi connectivity index (χ0v) is 20.9. The third-order valence-corrected chi connectivity index (χ3v) is 4.40. The van der Waals surface area contributed by atoms with Crippen LogP contribution in [-0.4, -0.2) is 57.7 Å². The van der Waals surface area contributed by atoms with Gasteiger partial charge in [-0.1, -0.05) is 41.5 Å². The van der Waals surface area contributed by atoms with Gasteiger partial charge in [0.25, 0.3) is 0 Å². The fourth-order valence-corrected chi connectivity index (χ4v) is 2.74. The lowest BCUT2D eigenvalue weighted by Crippen LogP contribution is -2.47. The van der Waals surface area contributed by atoms with Crippen LogP contribution in [0, 0.1) is 5.92 Å². The van der Waals surface area contributed by atoms with E-state index >= 15 is 0 Å². The molecule has 0 aliphatic carbocycles. The van der Waals surface area contributed by atoms with Gasteiger partial charge in [-0.15, -0.1) is 0 Å². The molecule has 0 saturated heterocycles. The maximum Gasteiger partial charge on any atom is 0.314 e. The third kappa shape index (κ3) is 7.79. The summed E-state index contributed by atoms with van der Waals surface area (Å²) in [6.45, 7) is 16.2. The van der Waals surface area contributed by atoms with Gasteiger partial charge in [0.1, 0.15) is 5.82 Å². The molecule has 0 saturated carbocycles. The lowest BCUT2D eigenvalue weighted by Gasteiger charge is -2.31. The molecule has 0 bridgehead atoms. The number of aromatic nitrogens is 3. The Kier molecular flexibility index (Phi) is 13.2. The molecule has 2 rings (SSSR count). The Labute approximate surface area is 191 Å². The van der Waals surface area contributed by atoms with Crippen LogP contribution in [0.4, 0.5) is 11.5 Å². The van der Waals surface area contributed by atoms with E-state index in [1.807, 2.05) is 61.5 Å². The zero-order chi connectivity index (χ0) is 24.8. The van der Waals surface area contributed by atoms with Crippen LogP contribution in [0.3, 0.4) is 0 Å². The number of anilines is 2. The minimum absolute atomic E-state index is 0.198. The van der Waals surface area contributed by atoms with Crippen molar-refractivity contribution in [2.45, 2.75) is 61.4 Å². The molecule has 0 radical (unpaired) electrons. The molecule has 2 aromatic rings. The highest BCUT2D eigenvalue weighted by molar-refractivity contribution is 6.40. The van der Waals surface area contributed by atoms with E-state index < -0.39 is 11.8 Å². The average molecular weight is 446 g/mol. The maximum absolute atomic E-state index is 12.9. The number of aromatic amines is 1. The number of nitrogen functional groups attached to an aromatic ring is 1. The molecule has 1 unspecified atom stereocenters. The number of carbonyl (C=O) groups is 2. The van der Waals surface area contributed by atoms with E-state index in [0.29, 0.717) is 29.0 Å². The van der Waals surface area contributed by atoms with Crippen LogP contribution in [0.15, 0.2) is 29.0 Å². The number of hydrogen-bond acceptors (Lipinski definition) is 6. The van der Waals surface area contributed by atoms with Gasteiger partial charge in [-0.2, -0.15) is 5.10 Å². The Morgan fingerprint density at radius 2 is 1.84 bits per heavy atom. The Hall–Kier alpha value is -3.23. The quantitative estimate of drug-likeness (QED) is 0.456. The number of pyridine rings is 1. The van der Waals surface area contributed by atoms with Crippen molar-refractivity contribution in [3.05, 3.63) is 24.0 Å². The summed E-state index contributed by atoms with van der Waals surface area (Å²) in [4.78, 5) is 35.1. The Balaban J connectivity index is 0.00000227. The van der Waals surface area contributed by atoms with Crippen LogP contribution in [0.2, 0.25) is 0 Å². The van der Waals surface area contributed by atoms with E-state index in [0.717, 1.165) is 5.57 Å². The van der Waals surface area contributed by atoms with Gasteiger partial charge in [-0.25, -0.2) is 4.98 Å². The number of hydrogen-bond donors (Lipinski definition) is 3. The number of nitrogens with one attached hydrogen (secondary N) is 2. The second-order valence-corrected chi connectivity index (χ2v) is 7.02. The molecule has 0 aromatic carbocycles. The van der Waals surface area contributed by atoms with Gasteiger partial charge in [-0.05, 0) is 31.4 Å². The summed E-state index contributed by atoms with van der Waals surface area (Å²) in [5.74, 6) is -0.871. The summed E-state index contributed by atoms with van der Waals surface area (Å²) >= 11 is 0. The molecule has 9 heteroatoms. The number of H-pyrrole nitrogens is 1. The molecule has 0 spiro atoms. The monoisotopic (exact) mass is 445 g/mol. The van der Waals surface area contributed by atoms with Crippen molar-refractivity contribution in [2.75, 3.05) is 24.6 Å². The minimum atomic E-state index is -0.744. The second-order valence-electron chi connectivity index (χ2n) is 7.02. The zero-order valence-electron chi connectivity index (χ0n) is 20.9. The van der Waals surface area contributed by atoms with Gasteiger partial charge in [0.15, 0.2) is 0 Å². The molecule has 0 aliphatic rings. The summed E-state index contributed by atoms with van der Waals surface area (Å²) in [6, 6.07) is -0.254. The summed E-state index contributed by atoms with van der Waals surface area (Å²) in [5, 5.41) is 9.89. The standard InChI is InChI=1S/C19H27N7O2.2C2H6/c1-11(2)10-26(13(4)12(3)6-7-21-5)19(28)18(27)24-15-9-22-17(20)14-8-23-25-16(14)15;2*1-2/h6-9,11,13H,10H2,1-5H3,(H2,20,22)(H,23,25)(H,24,27);2*1-2H3/b12-6+,21-7?;;. The number of nitrogens with two attached hydrogens (primary N) is 1. The van der Waals surface area contributed by atoms with Gasteiger partial charge in [0.2, 0.25) is 0 Å². The largest absolute Gasteiger partial charge is 0.383 e. The topological polar surface area (TPSA) is 129 Å². The molecule has 2 aromatic heterocycles. The van der Waals surface area contributed by atoms with Crippen molar-refractivity contribution >= 4 is 40.4 Å². The van der Waals surface area contributed by atoms with Crippen molar-refractivity contribution in [1.82, 2.24) is 20.1 Å². The summed E-state index contributed by atoms with van der Waals surface area (Å²) in [5.41, 5.74) is 7.60. The molecule has 1 atom stereocenters. The van der Waals surface area contributed by atoms with Crippen LogP contribution < -0.4 is 11.1 Å². The van der Waals surface area contributed by atoms with Crippen molar-refractivity contribution in [3.63, 3.8) is 0 Å². The summed E-state index contributed by atoms with van der Waals surface area (Å²) in [6.07, 6.45) is 6.42. The Morgan fingerprint density at radius 3 is 2.41 bits per heavy atom. The minimum Gasteiger partial charge on any atom is -0.383 e. The van der Waals surface area contributed by atoms with Crippen LogP contribution in [0.25, 0.3) is 10.9 Å². The number of aliphatic imine (C=N–C) groups is 1. The number of carbonyl (C=O) groups excluding carboxylic acids is 2.